The van der Waals surface area contributed by atoms with E-state index >= 15 is 0 Å². The Hall–Kier alpha value is -1.74. The number of fused-ring (bicyclic) bond motifs is 5. The van der Waals surface area contributed by atoms with Crippen LogP contribution in [-0.4, -0.2) is 52.0 Å². The molecule has 0 bridgehead atoms. The van der Waals surface area contributed by atoms with E-state index in [-0.39, 0.29) is 35.3 Å². The number of nitrogens with two attached hydrogens (primary N) is 3. The summed E-state index contributed by atoms with van der Waals surface area (Å²) in [5.41, 5.74) is 21.8. The largest absolute Gasteiger partial charge is 0.478 e. The smallest absolute Gasteiger partial charge is 0.331 e. The summed E-state index contributed by atoms with van der Waals surface area (Å²) in [4.78, 5) is 24.8. The van der Waals surface area contributed by atoms with E-state index in [9.17, 15) is 19.8 Å². The first kappa shape index (κ1) is 28.3. The average Bonchev–Trinajstić information content (AvgIpc) is 3.05. The molecule has 37 heavy (non-hydrogen) atoms. The molecule has 0 heterocycles. The number of carbonyl (C=O) groups is 2. The minimum absolute atomic E-state index is 0.0326. The van der Waals surface area contributed by atoms with E-state index in [4.69, 9.17) is 21.9 Å². The number of rotatable bonds is 5. The lowest BCUT2D eigenvalue weighted by atomic mass is 9.39. The third-order valence-corrected chi connectivity index (χ3v) is 10.8. The number of ether oxygens (including phenoxy) is 1. The topological polar surface area (TPSA) is 162 Å². The SMILES string of the molecule is CC(=O)O[C@H]1C[C@@]2(C)[C@@H](C[C@@H](N)[C@H]3[C@@]4(C)CC[C@@H](O)[C@@H](N)[C@@H]4CC[C@@]32N)/C1=C(\CCC=C(C)C)C(=O)O. The van der Waals surface area contributed by atoms with Gasteiger partial charge in [-0.05, 0) is 99.4 Å². The minimum atomic E-state index is -0.969. The maximum absolute atomic E-state index is 12.6. The number of carboxylic acid groups (broad SMARTS) is 1. The molecule has 8 heteroatoms. The van der Waals surface area contributed by atoms with Crippen LogP contribution < -0.4 is 17.2 Å². The Kier molecular flexibility index (Phi) is 7.47. The zero-order valence-corrected chi connectivity index (χ0v) is 23.1. The number of hydrogen-bond acceptors (Lipinski definition) is 7. The number of carbonyl (C=O) groups excluding carboxylic acids is 1. The van der Waals surface area contributed by atoms with Crippen LogP contribution in [0.25, 0.3) is 0 Å². The van der Waals surface area contributed by atoms with E-state index in [1.165, 1.54) is 6.92 Å². The van der Waals surface area contributed by atoms with Crippen LogP contribution in [0.15, 0.2) is 22.8 Å². The fourth-order valence-corrected chi connectivity index (χ4v) is 9.21. The lowest BCUT2D eigenvalue weighted by Gasteiger charge is -2.68. The first-order valence-corrected chi connectivity index (χ1v) is 13.9. The van der Waals surface area contributed by atoms with Crippen molar-refractivity contribution in [3.8, 4) is 0 Å². The van der Waals surface area contributed by atoms with Crippen molar-refractivity contribution in [1.29, 1.82) is 0 Å². The van der Waals surface area contributed by atoms with Crippen LogP contribution in [-0.2, 0) is 14.3 Å². The minimum Gasteiger partial charge on any atom is -0.478 e. The number of hydrogen-bond donors (Lipinski definition) is 5. The molecule has 208 valence electrons. The highest BCUT2D eigenvalue weighted by Gasteiger charge is 2.71. The Morgan fingerprint density at radius 1 is 1.14 bits per heavy atom. The van der Waals surface area contributed by atoms with E-state index in [0.717, 1.165) is 18.4 Å². The van der Waals surface area contributed by atoms with Gasteiger partial charge in [-0.15, -0.1) is 0 Å². The fourth-order valence-electron chi connectivity index (χ4n) is 9.21. The summed E-state index contributed by atoms with van der Waals surface area (Å²) in [6, 6.07) is -0.556. The van der Waals surface area contributed by atoms with Gasteiger partial charge >= 0.3 is 11.9 Å². The quantitative estimate of drug-likeness (QED) is 0.211. The van der Waals surface area contributed by atoms with Gasteiger partial charge in [0.2, 0.25) is 0 Å². The molecular weight excluding hydrogens is 470 g/mol. The second kappa shape index (κ2) is 9.78. The lowest BCUT2D eigenvalue weighted by Crippen LogP contribution is -2.76. The molecule has 0 amide bonds. The summed E-state index contributed by atoms with van der Waals surface area (Å²) in [5.74, 6) is -1.48. The Morgan fingerprint density at radius 3 is 2.41 bits per heavy atom. The second-order valence-electron chi connectivity index (χ2n) is 13.1. The van der Waals surface area contributed by atoms with Gasteiger partial charge in [0.1, 0.15) is 6.10 Å². The van der Waals surface area contributed by atoms with Crippen molar-refractivity contribution in [1.82, 2.24) is 0 Å². The molecule has 0 aliphatic heterocycles. The molecule has 10 atom stereocenters. The van der Waals surface area contributed by atoms with Crippen LogP contribution in [0.2, 0.25) is 0 Å². The number of allylic oxidation sites excluding steroid dienone is 2. The van der Waals surface area contributed by atoms with Crippen molar-refractivity contribution in [2.45, 2.75) is 116 Å². The molecule has 4 rings (SSSR count). The lowest BCUT2D eigenvalue weighted by molar-refractivity contribution is -0.160. The molecule has 4 aliphatic carbocycles. The zero-order valence-electron chi connectivity index (χ0n) is 23.1. The van der Waals surface area contributed by atoms with Gasteiger partial charge in [-0.3, -0.25) is 4.79 Å². The summed E-state index contributed by atoms with van der Waals surface area (Å²) in [5, 5.41) is 20.8. The van der Waals surface area contributed by atoms with E-state index < -0.39 is 35.1 Å². The monoisotopic (exact) mass is 517 g/mol. The van der Waals surface area contributed by atoms with Crippen LogP contribution in [0.5, 0.6) is 0 Å². The molecule has 4 fully saturated rings. The summed E-state index contributed by atoms with van der Waals surface area (Å²) in [6.07, 6.45) is 5.86. The summed E-state index contributed by atoms with van der Waals surface area (Å²) in [7, 11) is 0. The van der Waals surface area contributed by atoms with Crippen LogP contribution in [0.4, 0.5) is 0 Å². The van der Waals surface area contributed by atoms with Crippen LogP contribution >= 0.6 is 0 Å². The predicted molar refractivity (Wildman–Crippen MR) is 142 cm³/mol. The Bertz CT molecular complexity index is 1010. The van der Waals surface area contributed by atoms with E-state index in [2.05, 4.69) is 13.8 Å². The Morgan fingerprint density at radius 2 is 1.81 bits per heavy atom. The highest BCUT2D eigenvalue weighted by molar-refractivity contribution is 5.88. The molecule has 0 spiro atoms. The molecule has 0 unspecified atom stereocenters. The highest BCUT2D eigenvalue weighted by Crippen LogP contribution is 2.69. The van der Waals surface area contributed by atoms with Crippen molar-refractivity contribution >= 4 is 11.9 Å². The van der Waals surface area contributed by atoms with E-state index in [0.29, 0.717) is 49.7 Å². The fraction of sp³-hybridized carbons (Fsp3) is 0.793. The Balaban J connectivity index is 1.82. The van der Waals surface area contributed by atoms with Gasteiger partial charge in [0.15, 0.2) is 0 Å². The van der Waals surface area contributed by atoms with E-state index in [1.54, 1.807) is 0 Å². The van der Waals surface area contributed by atoms with Gasteiger partial charge in [0, 0.05) is 30.1 Å². The Labute approximate surface area is 221 Å². The normalized spacial score (nSPS) is 46.2. The molecule has 4 aliphatic rings. The van der Waals surface area contributed by atoms with Gasteiger partial charge < -0.3 is 32.2 Å². The highest BCUT2D eigenvalue weighted by atomic mass is 16.5. The van der Waals surface area contributed by atoms with Crippen LogP contribution in [0.3, 0.4) is 0 Å². The molecule has 0 saturated heterocycles. The first-order valence-electron chi connectivity index (χ1n) is 13.9. The number of carboxylic acids is 1. The second-order valence-corrected chi connectivity index (χ2v) is 13.1. The molecule has 8 nitrogen and oxygen atoms in total. The molecule has 0 aromatic rings. The van der Waals surface area contributed by atoms with Gasteiger partial charge in [0.05, 0.1) is 6.10 Å². The molecular formula is C29H47N3O5. The maximum Gasteiger partial charge on any atom is 0.331 e. The standard InChI is InChI=1S/C29H47N3O5/c1-15(2)7-6-8-17(26(35)36)23-19-13-20(30)25-27(4)11-10-21(34)24(31)18(27)9-12-29(25,32)28(19,5)14-22(23)37-16(3)33/h7,18-22,24-25,34H,6,8-14,30-32H2,1-5H3,(H,35,36)/b23-17-/t18-,19-,20+,21+,22-,24-,25-,27-,28-,29+/m0/s1. The van der Waals surface area contributed by atoms with Crippen molar-refractivity contribution in [2.75, 3.05) is 0 Å². The van der Waals surface area contributed by atoms with Crippen molar-refractivity contribution < 1.29 is 24.5 Å². The van der Waals surface area contributed by atoms with Crippen LogP contribution in [0, 0.1) is 28.6 Å². The molecule has 4 saturated carbocycles. The first-order chi connectivity index (χ1) is 17.2. The third-order valence-electron chi connectivity index (χ3n) is 10.8. The number of aliphatic carboxylic acids is 1. The molecule has 0 aromatic heterocycles. The molecule has 0 aromatic carbocycles. The van der Waals surface area contributed by atoms with Gasteiger partial charge in [0.25, 0.3) is 0 Å². The number of esters is 1. The summed E-state index contributed by atoms with van der Waals surface area (Å²) < 4.78 is 5.84. The zero-order chi connectivity index (χ0) is 27.5. The van der Waals surface area contributed by atoms with Gasteiger partial charge in [-0.25, -0.2) is 4.79 Å². The molecule has 8 N–H and O–H groups in total. The molecule has 0 radical (unpaired) electrons. The third kappa shape index (κ3) is 4.38. The van der Waals surface area contributed by atoms with Crippen molar-refractivity contribution in [2.24, 2.45) is 45.8 Å². The predicted octanol–water partition coefficient (Wildman–Crippen LogP) is 3.01. The number of aliphatic hydroxyl groups is 1. The van der Waals surface area contributed by atoms with Gasteiger partial charge in [-0.1, -0.05) is 25.5 Å². The average molecular weight is 518 g/mol. The van der Waals surface area contributed by atoms with Crippen molar-refractivity contribution in [3.63, 3.8) is 0 Å². The summed E-state index contributed by atoms with van der Waals surface area (Å²) >= 11 is 0. The number of aliphatic hydroxyl groups excluding tert-OH is 1. The van der Waals surface area contributed by atoms with E-state index in [1.807, 2.05) is 19.9 Å². The maximum atomic E-state index is 12.6. The van der Waals surface area contributed by atoms with Crippen molar-refractivity contribution in [3.05, 3.63) is 22.8 Å². The van der Waals surface area contributed by atoms with Crippen LogP contribution in [0.1, 0.15) is 86.0 Å². The summed E-state index contributed by atoms with van der Waals surface area (Å²) in [6.45, 7) is 9.77. The van der Waals surface area contributed by atoms with Gasteiger partial charge in [-0.2, -0.15) is 0 Å².